The average Bonchev–Trinajstić information content (AvgIpc) is 2.92. The van der Waals surface area contributed by atoms with E-state index < -0.39 is 5.97 Å². The second kappa shape index (κ2) is 7.56. The van der Waals surface area contributed by atoms with Gasteiger partial charge in [-0.15, -0.1) is 0 Å². The molecule has 142 valence electrons. The third-order valence-electron chi connectivity index (χ3n) is 4.88. The Balaban J connectivity index is 1.48. The van der Waals surface area contributed by atoms with E-state index in [1.165, 1.54) is 0 Å². The molecule has 6 heteroatoms. The maximum atomic E-state index is 12.2. The zero-order chi connectivity index (χ0) is 18.7. The lowest BCUT2D eigenvalue weighted by Gasteiger charge is -2.33. The molecular formula is C20H27NO5. The Labute approximate surface area is 154 Å². The first-order valence-electron chi connectivity index (χ1n) is 9.24. The van der Waals surface area contributed by atoms with Gasteiger partial charge >= 0.3 is 5.97 Å². The maximum Gasteiger partial charge on any atom is 0.344 e. The quantitative estimate of drug-likeness (QED) is 0.755. The molecule has 2 heterocycles. The predicted molar refractivity (Wildman–Crippen MR) is 96.3 cm³/mol. The Morgan fingerprint density at radius 1 is 1.27 bits per heavy atom. The van der Waals surface area contributed by atoms with Gasteiger partial charge < -0.3 is 19.1 Å². The highest BCUT2D eigenvalue weighted by molar-refractivity contribution is 5.81. The molecular weight excluding hydrogens is 334 g/mol. The predicted octanol–water partition coefficient (Wildman–Crippen LogP) is 2.72. The van der Waals surface area contributed by atoms with Gasteiger partial charge in [-0.3, -0.25) is 4.79 Å². The highest BCUT2D eigenvalue weighted by atomic mass is 16.6. The van der Waals surface area contributed by atoms with Gasteiger partial charge in [0.15, 0.2) is 24.7 Å². The molecule has 0 saturated carbocycles. The average molecular weight is 361 g/mol. The molecule has 0 radical (unpaired) electrons. The van der Waals surface area contributed by atoms with Crippen LogP contribution in [0.4, 0.5) is 0 Å². The summed E-state index contributed by atoms with van der Waals surface area (Å²) in [5.41, 5.74) is 0.787. The van der Waals surface area contributed by atoms with E-state index in [9.17, 15) is 9.59 Å². The van der Waals surface area contributed by atoms with E-state index >= 15 is 0 Å². The number of para-hydroxylation sites is 1. The Kier molecular flexibility index (Phi) is 5.39. The molecule has 2 aliphatic heterocycles. The van der Waals surface area contributed by atoms with Gasteiger partial charge in [-0.25, -0.2) is 4.79 Å². The summed E-state index contributed by atoms with van der Waals surface area (Å²) in [6.07, 6.45) is 3.94. The molecule has 1 amide bonds. The number of carbonyl (C=O) groups excluding carboxylic acids is 2. The first kappa shape index (κ1) is 18.5. The molecule has 1 aromatic rings. The largest absolute Gasteiger partial charge is 0.483 e. The minimum atomic E-state index is -0.558. The highest BCUT2D eigenvalue weighted by Gasteiger charge is 2.32. The molecule has 3 rings (SSSR count). The Bertz CT molecular complexity index is 685. The molecule has 0 N–H and O–H groups in total. The van der Waals surface area contributed by atoms with Crippen molar-refractivity contribution in [2.24, 2.45) is 0 Å². The summed E-state index contributed by atoms with van der Waals surface area (Å²) in [7, 11) is 0. The smallest absolute Gasteiger partial charge is 0.344 e. The number of benzene rings is 1. The minimum absolute atomic E-state index is 0.142. The summed E-state index contributed by atoms with van der Waals surface area (Å²) in [5, 5.41) is 0. The fourth-order valence-electron chi connectivity index (χ4n) is 3.57. The van der Waals surface area contributed by atoms with E-state index in [2.05, 4.69) is 0 Å². The number of fused-ring (bicyclic) bond motifs is 1. The monoisotopic (exact) mass is 361 g/mol. The van der Waals surface area contributed by atoms with E-state index in [1.54, 1.807) is 11.0 Å². The van der Waals surface area contributed by atoms with Gasteiger partial charge in [0, 0.05) is 24.6 Å². The molecule has 0 spiro atoms. The topological polar surface area (TPSA) is 65.1 Å². The van der Waals surface area contributed by atoms with Crippen LogP contribution in [0, 0.1) is 0 Å². The number of rotatable bonds is 5. The van der Waals surface area contributed by atoms with E-state index in [0.717, 1.165) is 37.8 Å². The molecule has 1 fully saturated rings. The molecule has 26 heavy (non-hydrogen) atoms. The first-order chi connectivity index (χ1) is 12.4. The molecule has 2 aliphatic rings. The SMILES string of the molecule is CC1CCCCN1C(=O)COC(=O)COc1cccc2c1OC(C)(C)C2. The zero-order valence-corrected chi connectivity index (χ0v) is 15.7. The van der Waals surface area contributed by atoms with Crippen molar-refractivity contribution >= 4 is 11.9 Å². The van der Waals surface area contributed by atoms with Gasteiger partial charge in [0.1, 0.15) is 5.60 Å². The maximum absolute atomic E-state index is 12.2. The van der Waals surface area contributed by atoms with Gasteiger partial charge in [-0.05, 0) is 46.1 Å². The number of hydrogen-bond acceptors (Lipinski definition) is 5. The normalized spacial score (nSPS) is 20.9. The van der Waals surface area contributed by atoms with Crippen molar-refractivity contribution in [1.82, 2.24) is 4.90 Å². The van der Waals surface area contributed by atoms with Crippen LogP contribution in [0.25, 0.3) is 0 Å². The Morgan fingerprint density at radius 3 is 2.85 bits per heavy atom. The van der Waals surface area contributed by atoms with Crippen LogP contribution in [0.15, 0.2) is 18.2 Å². The van der Waals surface area contributed by atoms with E-state index in [1.807, 2.05) is 32.9 Å². The van der Waals surface area contributed by atoms with Crippen molar-refractivity contribution in [3.8, 4) is 11.5 Å². The molecule has 1 atom stereocenters. The number of esters is 1. The van der Waals surface area contributed by atoms with Crippen LogP contribution in [0.2, 0.25) is 0 Å². The Hall–Kier alpha value is -2.24. The molecule has 0 bridgehead atoms. The van der Waals surface area contributed by atoms with Crippen LogP contribution in [-0.4, -0.2) is 48.2 Å². The number of hydrogen-bond donors (Lipinski definition) is 0. The van der Waals surface area contributed by atoms with E-state index in [4.69, 9.17) is 14.2 Å². The summed E-state index contributed by atoms with van der Waals surface area (Å²) >= 11 is 0. The standard InChI is InChI=1S/C20H27NO5/c1-14-7-4-5-10-21(14)17(22)12-25-18(23)13-24-16-9-6-8-15-11-20(2,3)26-19(15)16/h6,8-9,14H,4-5,7,10-13H2,1-3H3. The lowest BCUT2D eigenvalue weighted by molar-refractivity contribution is -0.155. The van der Waals surface area contributed by atoms with E-state index in [-0.39, 0.29) is 30.8 Å². The van der Waals surface area contributed by atoms with Crippen molar-refractivity contribution in [2.45, 2.75) is 58.1 Å². The molecule has 6 nitrogen and oxygen atoms in total. The molecule has 0 aliphatic carbocycles. The number of ether oxygens (including phenoxy) is 3. The summed E-state index contributed by atoms with van der Waals surface area (Å²) in [6, 6.07) is 5.85. The van der Waals surface area contributed by atoms with Crippen molar-refractivity contribution in [1.29, 1.82) is 0 Å². The second-order valence-corrected chi connectivity index (χ2v) is 7.66. The summed E-state index contributed by atoms with van der Waals surface area (Å²) < 4.78 is 16.6. The lowest BCUT2D eigenvalue weighted by Crippen LogP contribution is -2.44. The molecule has 0 aromatic heterocycles. The van der Waals surface area contributed by atoms with Gasteiger partial charge in [0.05, 0.1) is 0 Å². The van der Waals surface area contributed by atoms with E-state index in [0.29, 0.717) is 11.5 Å². The summed E-state index contributed by atoms with van der Waals surface area (Å²) in [5.74, 6) is 0.513. The van der Waals surface area contributed by atoms with Crippen LogP contribution < -0.4 is 9.47 Å². The fraction of sp³-hybridized carbons (Fsp3) is 0.600. The van der Waals surface area contributed by atoms with Gasteiger partial charge in [-0.2, -0.15) is 0 Å². The van der Waals surface area contributed by atoms with Crippen molar-refractivity contribution in [2.75, 3.05) is 19.8 Å². The first-order valence-corrected chi connectivity index (χ1v) is 9.24. The lowest BCUT2D eigenvalue weighted by atomic mass is 10.0. The molecule has 1 aromatic carbocycles. The second-order valence-electron chi connectivity index (χ2n) is 7.66. The van der Waals surface area contributed by atoms with Crippen LogP contribution in [-0.2, 0) is 20.7 Å². The number of amides is 1. The summed E-state index contributed by atoms with van der Waals surface area (Å²) in [4.78, 5) is 25.9. The minimum Gasteiger partial charge on any atom is -0.483 e. The number of nitrogens with zero attached hydrogens (tertiary/aromatic N) is 1. The zero-order valence-electron chi connectivity index (χ0n) is 15.7. The molecule has 1 unspecified atom stereocenters. The van der Waals surface area contributed by atoms with Crippen LogP contribution in [0.3, 0.4) is 0 Å². The van der Waals surface area contributed by atoms with Crippen LogP contribution >= 0.6 is 0 Å². The Morgan fingerprint density at radius 2 is 2.08 bits per heavy atom. The van der Waals surface area contributed by atoms with Crippen LogP contribution in [0.1, 0.15) is 45.6 Å². The van der Waals surface area contributed by atoms with Crippen molar-refractivity contribution in [3.63, 3.8) is 0 Å². The van der Waals surface area contributed by atoms with Gasteiger partial charge in [-0.1, -0.05) is 12.1 Å². The third-order valence-corrected chi connectivity index (χ3v) is 4.88. The third kappa shape index (κ3) is 4.29. The number of likely N-dealkylation sites (tertiary alicyclic amines) is 1. The number of carbonyl (C=O) groups is 2. The summed E-state index contributed by atoms with van der Waals surface area (Å²) in [6.45, 7) is 6.30. The molecule has 1 saturated heterocycles. The van der Waals surface area contributed by atoms with Crippen molar-refractivity contribution < 1.29 is 23.8 Å². The number of piperidine rings is 1. The van der Waals surface area contributed by atoms with Gasteiger partial charge in [0.2, 0.25) is 0 Å². The fourth-order valence-corrected chi connectivity index (χ4v) is 3.57. The highest BCUT2D eigenvalue weighted by Crippen LogP contribution is 2.41. The van der Waals surface area contributed by atoms with Crippen LogP contribution in [0.5, 0.6) is 11.5 Å². The van der Waals surface area contributed by atoms with Gasteiger partial charge in [0.25, 0.3) is 5.91 Å². The van der Waals surface area contributed by atoms with Crippen molar-refractivity contribution in [3.05, 3.63) is 23.8 Å².